The van der Waals surface area contributed by atoms with Crippen molar-refractivity contribution in [2.75, 3.05) is 25.1 Å². The molecule has 1 aromatic carbocycles. The van der Waals surface area contributed by atoms with Crippen LogP contribution in [-0.2, 0) is 6.42 Å². The fourth-order valence-electron chi connectivity index (χ4n) is 2.05. The topological polar surface area (TPSA) is 69.7 Å². The van der Waals surface area contributed by atoms with Gasteiger partial charge in [0.15, 0.2) is 0 Å². The van der Waals surface area contributed by atoms with Gasteiger partial charge in [-0.3, -0.25) is 0 Å². The lowest BCUT2D eigenvalue weighted by atomic mass is 10.0. The van der Waals surface area contributed by atoms with Gasteiger partial charge in [-0.05, 0) is 12.5 Å². The Morgan fingerprint density at radius 2 is 2.27 bits per heavy atom. The standard InChI is InChI=1S/C11H16N2O2/c1-13-5-4-8-10(13)3-2-7(11(8)15)9(12)6-14/h2-3,9,14-15H,4-6,12H2,1H3. The molecule has 1 aliphatic heterocycles. The van der Waals surface area contributed by atoms with Crippen LogP contribution in [0.2, 0.25) is 0 Å². The van der Waals surface area contributed by atoms with Gasteiger partial charge >= 0.3 is 0 Å². The quantitative estimate of drug-likeness (QED) is 0.657. The van der Waals surface area contributed by atoms with Crippen LogP contribution in [-0.4, -0.2) is 30.4 Å². The molecule has 0 fully saturated rings. The monoisotopic (exact) mass is 208 g/mol. The number of aromatic hydroxyl groups is 1. The van der Waals surface area contributed by atoms with E-state index < -0.39 is 6.04 Å². The van der Waals surface area contributed by atoms with E-state index in [4.69, 9.17) is 10.8 Å². The number of benzene rings is 1. The normalized spacial score (nSPS) is 16.6. The highest BCUT2D eigenvalue weighted by Crippen LogP contribution is 2.37. The third kappa shape index (κ3) is 1.56. The molecule has 1 heterocycles. The molecule has 0 amide bonds. The molecule has 15 heavy (non-hydrogen) atoms. The maximum atomic E-state index is 10.0. The van der Waals surface area contributed by atoms with Gasteiger partial charge in [-0.1, -0.05) is 6.07 Å². The van der Waals surface area contributed by atoms with Gasteiger partial charge in [0, 0.05) is 30.4 Å². The van der Waals surface area contributed by atoms with Crippen LogP contribution in [0.5, 0.6) is 5.75 Å². The summed E-state index contributed by atoms with van der Waals surface area (Å²) >= 11 is 0. The number of likely N-dealkylation sites (N-methyl/N-ethyl adjacent to an activating group) is 1. The molecule has 0 saturated heterocycles. The molecule has 1 unspecified atom stereocenters. The Hall–Kier alpha value is -1.26. The van der Waals surface area contributed by atoms with Crippen molar-refractivity contribution >= 4 is 5.69 Å². The molecule has 0 radical (unpaired) electrons. The molecule has 0 saturated carbocycles. The average Bonchev–Trinajstić information content (AvgIpc) is 2.61. The van der Waals surface area contributed by atoms with Crippen molar-refractivity contribution in [2.45, 2.75) is 12.5 Å². The molecule has 4 heteroatoms. The minimum absolute atomic E-state index is 0.151. The number of rotatable bonds is 2. The highest BCUT2D eigenvalue weighted by Gasteiger charge is 2.22. The summed E-state index contributed by atoms with van der Waals surface area (Å²) in [5.74, 6) is 0.249. The van der Waals surface area contributed by atoms with E-state index in [0.29, 0.717) is 5.56 Å². The minimum atomic E-state index is -0.499. The lowest BCUT2D eigenvalue weighted by Gasteiger charge is -2.16. The van der Waals surface area contributed by atoms with Crippen LogP contribution in [0, 0.1) is 0 Å². The summed E-state index contributed by atoms with van der Waals surface area (Å²) in [5.41, 5.74) is 8.33. The minimum Gasteiger partial charge on any atom is -0.507 e. The molecule has 1 aliphatic rings. The molecule has 0 aromatic heterocycles. The van der Waals surface area contributed by atoms with Gasteiger partial charge in [0.05, 0.1) is 12.6 Å². The van der Waals surface area contributed by atoms with E-state index in [-0.39, 0.29) is 12.4 Å². The second kappa shape index (κ2) is 3.72. The average molecular weight is 208 g/mol. The first kappa shape index (κ1) is 10.3. The van der Waals surface area contributed by atoms with Crippen molar-refractivity contribution in [1.82, 2.24) is 0 Å². The summed E-state index contributed by atoms with van der Waals surface area (Å²) in [6.45, 7) is 0.767. The molecule has 1 aromatic rings. The predicted octanol–water partition coefficient (Wildman–Crippen LogP) is 0.377. The van der Waals surface area contributed by atoms with Crippen molar-refractivity contribution in [3.05, 3.63) is 23.3 Å². The van der Waals surface area contributed by atoms with Gasteiger partial charge in [0.1, 0.15) is 5.75 Å². The number of aliphatic hydroxyl groups is 1. The summed E-state index contributed by atoms with van der Waals surface area (Å²) in [5, 5.41) is 19.0. The maximum absolute atomic E-state index is 10.0. The third-order valence-corrected chi connectivity index (χ3v) is 2.99. The SMILES string of the molecule is CN1CCc2c1ccc(C(N)CO)c2O. The van der Waals surface area contributed by atoms with Crippen molar-refractivity contribution in [1.29, 1.82) is 0 Å². The van der Waals surface area contributed by atoms with Crippen LogP contribution in [0.4, 0.5) is 5.69 Å². The van der Waals surface area contributed by atoms with Gasteiger partial charge < -0.3 is 20.8 Å². The summed E-state index contributed by atoms with van der Waals surface area (Å²) in [6, 6.07) is 3.24. The molecular formula is C11H16N2O2. The summed E-state index contributed by atoms with van der Waals surface area (Å²) in [7, 11) is 2.00. The number of hydrogen-bond acceptors (Lipinski definition) is 4. The zero-order valence-electron chi connectivity index (χ0n) is 8.77. The molecule has 1 atom stereocenters. The number of aliphatic hydroxyl groups excluding tert-OH is 1. The van der Waals surface area contributed by atoms with E-state index in [1.165, 1.54) is 0 Å². The van der Waals surface area contributed by atoms with Gasteiger partial charge in [-0.15, -0.1) is 0 Å². The van der Waals surface area contributed by atoms with E-state index in [1.54, 1.807) is 6.07 Å². The highest BCUT2D eigenvalue weighted by molar-refractivity contribution is 5.65. The number of fused-ring (bicyclic) bond motifs is 1. The second-order valence-corrected chi connectivity index (χ2v) is 3.96. The number of nitrogens with two attached hydrogens (primary N) is 1. The smallest absolute Gasteiger partial charge is 0.125 e. The van der Waals surface area contributed by atoms with E-state index in [9.17, 15) is 5.11 Å². The van der Waals surface area contributed by atoms with Gasteiger partial charge in [0.2, 0.25) is 0 Å². The van der Waals surface area contributed by atoms with Gasteiger partial charge in [-0.25, -0.2) is 0 Å². The van der Waals surface area contributed by atoms with Crippen LogP contribution in [0.25, 0.3) is 0 Å². The molecule has 2 rings (SSSR count). The summed E-state index contributed by atoms with van der Waals surface area (Å²) in [4.78, 5) is 2.10. The largest absolute Gasteiger partial charge is 0.507 e. The van der Waals surface area contributed by atoms with E-state index in [0.717, 1.165) is 24.2 Å². The van der Waals surface area contributed by atoms with Crippen molar-refractivity contribution in [3.63, 3.8) is 0 Å². The second-order valence-electron chi connectivity index (χ2n) is 3.96. The van der Waals surface area contributed by atoms with Crippen LogP contribution in [0.1, 0.15) is 17.2 Å². The van der Waals surface area contributed by atoms with Crippen LogP contribution in [0.15, 0.2) is 12.1 Å². The third-order valence-electron chi connectivity index (χ3n) is 2.99. The lowest BCUT2D eigenvalue weighted by molar-refractivity contribution is 0.265. The van der Waals surface area contributed by atoms with Crippen LogP contribution >= 0.6 is 0 Å². The van der Waals surface area contributed by atoms with Crippen molar-refractivity contribution < 1.29 is 10.2 Å². The Morgan fingerprint density at radius 1 is 1.53 bits per heavy atom. The number of hydrogen-bond donors (Lipinski definition) is 3. The van der Waals surface area contributed by atoms with E-state index in [2.05, 4.69) is 4.90 Å². The fraction of sp³-hybridized carbons (Fsp3) is 0.455. The predicted molar refractivity (Wildman–Crippen MR) is 59.1 cm³/mol. The molecule has 0 bridgehead atoms. The number of anilines is 1. The number of phenolic OH excluding ortho intramolecular Hbond substituents is 1. The summed E-state index contributed by atoms with van der Waals surface area (Å²) < 4.78 is 0. The lowest BCUT2D eigenvalue weighted by Crippen LogP contribution is -2.15. The van der Waals surface area contributed by atoms with Crippen molar-refractivity contribution in [2.24, 2.45) is 5.73 Å². The Labute approximate surface area is 88.9 Å². The number of phenols is 1. The fourth-order valence-corrected chi connectivity index (χ4v) is 2.05. The Kier molecular flexibility index (Phi) is 2.54. The molecular weight excluding hydrogens is 192 g/mol. The first-order chi connectivity index (χ1) is 7.15. The van der Waals surface area contributed by atoms with Crippen molar-refractivity contribution in [3.8, 4) is 5.75 Å². The highest BCUT2D eigenvalue weighted by atomic mass is 16.3. The van der Waals surface area contributed by atoms with E-state index in [1.807, 2.05) is 13.1 Å². The first-order valence-corrected chi connectivity index (χ1v) is 5.07. The van der Waals surface area contributed by atoms with Crippen LogP contribution < -0.4 is 10.6 Å². The molecule has 0 aliphatic carbocycles. The Balaban J connectivity index is 2.46. The van der Waals surface area contributed by atoms with Gasteiger partial charge in [-0.2, -0.15) is 0 Å². The molecule has 4 nitrogen and oxygen atoms in total. The maximum Gasteiger partial charge on any atom is 0.125 e. The Morgan fingerprint density at radius 3 is 2.93 bits per heavy atom. The summed E-state index contributed by atoms with van der Waals surface area (Å²) in [6.07, 6.45) is 0.837. The number of nitrogens with zero attached hydrogens (tertiary/aromatic N) is 1. The molecule has 82 valence electrons. The van der Waals surface area contributed by atoms with Crippen LogP contribution in [0.3, 0.4) is 0 Å². The van der Waals surface area contributed by atoms with Gasteiger partial charge in [0.25, 0.3) is 0 Å². The molecule has 0 spiro atoms. The van der Waals surface area contributed by atoms with E-state index >= 15 is 0 Å². The first-order valence-electron chi connectivity index (χ1n) is 5.07. The zero-order valence-corrected chi connectivity index (χ0v) is 8.77. The molecule has 4 N–H and O–H groups in total. The zero-order chi connectivity index (χ0) is 11.0. The Bertz CT molecular complexity index is 379.